The first-order chi connectivity index (χ1) is 14.1. The number of carbonyl (C=O) groups excluding carboxylic acids is 1. The van der Waals surface area contributed by atoms with Gasteiger partial charge in [-0.25, -0.2) is 4.68 Å². The van der Waals surface area contributed by atoms with Crippen molar-refractivity contribution < 1.29 is 4.79 Å². The van der Waals surface area contributed by atoms with Crippen molar-refractivity contribution >= 4 is 5.91 Å². The number of nitrogens with zero attached hydrogens (tertiary/aromatic N) is 2. The summed E-state index contributed by atoms with van der Waals surface area (Å²) in [6.07, 6.45) is 4.36. The molecule has 1 amide bonds. The van der Waals surface area contributed by atoms with Crippen LogP contribution in [0.1, 0.15) is 47.4 Å². The summed E-state index contributed by atoms with van der Waals surface area (Å²) >= 11 is 0. The first-order valence-corrected chi connectivity index (χ1v) is 10.1. The van der Waals surface area contributed by atoms with Crippen LogP contribution >= 0.6 is 0 Å². The highest BCUT2D eigenvalue weighted by Gasteiger charge is 2.36. The van der Waals surface area contributed by atoms with Crippen molar-refractivity contribution in [2.24, 2.45) is 0 Å². The molecule has 1 N–H and O–H groups in total. The van der Waals surface area contributed by atoms with Gasteiger partial charge in [-0.2, -0.15) is 5.10 Å². The van der Waals surface area contributed by atoms with Crippen molar-refractivity contribution in [3.63, 3.8) is 0 Å². The molecular weight excluding hydrogens is 362 g/mol. The minimum Gasteiger partial charge on any atom is -0.350 e. The van der Waals surface area contributed by atoms with Gasteiger partial charge in [0.1, 0.15) is 0 Å². The molecular formula is C24H25N3O2. The summed E-state index contributed by atoms with van der Waals surface area (Å²) in [5.41, 5.74) is 2.26. The molecule has 5 nitrogen and oxygen atoms in total. The molecule has 1 aliphatic rings. The minimum atomic E-state index is -0.415. The third kappa shape index (κ3) is 3.86. The molecule has 0 aliphatic heterocycles. The van der Waals surface area contributed by atoms with Crippen LogP contribution in [0.2, 0.25) is 0 Å². The highest BCUT2D eigenvalue weighted by atomic mass is 16.2. The molecule has 29 heavy (non-hydrogen) atoms. The number of amides is 1. The summed E-state index contributed by atoms with van der Waals surface area (Å²) in [6.45, 7) is 2.32. The molecule has 0 unspecified atom stereocenters. The number of carbonyl (C=O) groups is 1. The fourth-order valence-corrected chi connectivity index (χ4v) is 4.28. The first-order valence-electron chi connectivity index (χ1n) is 10.1. The van der Waals surface area contributed by atoms with Crippen molar-refractivity contribution in [1.29, 1.82) is 0 Å². The van der Waals surface area contributed by atoms with Crippen LogP contribution in [-0.2, 0) is 5.41 Å². The number of rotatable bonds is 5. The van der Waals surface area contributed by atoms with Crippen LogP contribution in [-0.4, -0.2) is 22.2 Å². The van der Waals surface area contributed by atoms with Gasteiger partial charge >= 0.3 is 0 Å². The molecule has 0 atom stereocenters. The van der Waals surface area contributed by atoms with E-state index in [9.17, 15) is 9.59 Å². The molecule has 1 heterocycles. The number of hydrogen-bond acceptors (Lipinski definition) is 3. The average Bonchev–Trinajstić information content (AvgIpc) is 3.24. The zero-order valence-corrected chi connectivity index (χ0v) is 16.6. The van der Waals surface area contributed by atoms with Gasteiger partial charge in [0.25, 0.3) is 5.91 Å². The van der Waals surface area contributed by atoms with Gasteiger partial charge in [-0.15, -0.1) is 0 Å². The van der Waals surface area contributed by atoms with E-state index >= 15 is 0 Å². The number of nitrogens with one attached hydrogen (secondary N) is 1. The Morgan fingerprint density at radius 2 is 1.66 bits per heavy atom. The minimum absolute atomic E-state index is 0.0688. The van der Waals surface area contributed by atoms with E-state index in [1.165, 1.54) is 11.6 Å². The molecule has 0 radical (unpaired) electrons. The van der Waals surface area contributed by atoms with Crippen molar-refractivity contribution in [3.05, 3.63) is 93.9 Å². The largest absolute Gasteiger partial charge is 0.350 e. The molecule has 0 bridgehead atoms. The predicted molar refractivity (Wildman–Crippen MR) is 113 cm³/mol. The second kappa shape index (κ2) is 8.03. The Morgan fingerprint density at radius 1 is 1.03 bits per heavy atom. The lowest BCUT2D eigenvalue weighted by molar-refractivity contribution is 0.0935. The normalized spacial score (nSPS) is 15.2. The van der Waals surface area contributed by atoms with E-state index in [-0.39, 0.29) is 16.5 Å². The van der Waals surface area contributed by atoms with Gasteiger partial charge in [-0.3, -0.25) is 9.59 Å². The van der Waals surface area contributed by atoms with Crippen LogP contribution in [0, 0.1) is 6.92 Å². The van der Waals surface area contributed by atoms with Crippen LogP contribution in [0.3, 0.4) is 0 Å². The van der Waals surface area contributed by atoms with Crippen molar-refractivity contribution in [2.45, 2.75) is 38.0 Å². The fraction of sp³-hybridized carbons (Fsp3) is 0.292. The maximum Gasteiger partial charge on any atom is 0.275 e. The Kier molecular flexibility index (Phi) is 5.30. The number of hydrogen-bond donors (Lipinski definition) is 1. The van der Waals surface area contributed by atoms with E-state index in [2.05, 4.69) is 22.5 Å². The topological polar surface area (TPSA) is 64.0 Å². The number of aryl methyl sites for hydroxylation is 1. The lowest BCUT2D eigenvalue weighted by Crippen LogP contribution is -2.41. The van der Waals surface area contributed by atoms with Crippen LogP contribution < -0.4 is 10.7 Å². The lowest BCUT2D eigenvalue weighted by Gasteiger charge is -2.30. The van der Waals surface area contributed by atoms with E-state index in [4.69, 9.17) is 0 Å². The monoisotopic (exact) mass is 387 g/mol. The highest BCUT2D eigenvalue weighted by Crippen LogP contribution is 2.40. The Morgan fingerprint density at radius 3 is 2.31 bits per heavy atom. The summed E-state index contributed by atoms with van der Waals surface area (Å²) in [6, 6.07) is 21.3. The molecule has 2 aromatic carbocycles. The molecule has 1 aromatic heterocycles. The van der Waals surface area contributed by atoms with Gasteiger partial charge in [0.15, 0.2) is 5.69 Å². The third-order valence-electron chi connectivity index (χ3n) is 5.86. The molecule has 4 rings (SSSR count). The average molecular weight is 387 g/mol. The van der Waals surface area contributed by atoms with Gasteiger partial charge in [0, 0.05) is 23.7 Å². The molecule has 1 fully saturated rings. The Balaban J connectivity index is 1.59. The summed E-state index contributed by atoms with van der Waals surface area (Å²) in [4.78, 5) is 25.4. The Hall–Kier alpha value is -3.21. The van der Waals surface area contributed by atoms with E-state index in [1.54, 1.807) is 4.68 Å². The van der Waals surface area contributed by atoms with Crippen LogP contribution in [0.4, 0.5) is 0 Å². The third-order valence-corrected chi connectivity index (χ3v) is 5.86. The standard InChI is InChI=1S/C24H25N3O2/c1-18-16-21(28)22(26-27(18)20-12-6-3-7-13-20)23(29)25-17-24(14-8-9-15-24)19-10-4-2-5-11-19/h2-7,10-13,16H,8-9,14-15,17H2,1H3,(H,25,29). The summed E-state index contributed by atoms with van der Waals surface area (Å²) in [5.74, 6) is -0.415. The quantitative estimate of drug-likeness (QED) is 0.725. The van der Waals surface area contributed by atoms with Crippen LogP contribution in [0.25, 0.3) is 5.69 Å². The Bertz CT molecular complexity index is 1050. The van der Waals surface area contributed by atoms with Gasteiger partial charge in [-0.1, -0.05) is 61.4 Å². The molecule has 0 spiro atoms. The predicted octanol–water partition coefficient (Wildman–Crippen LogP) is 3.78. The molecule has 0 saturated heterocycles. The SMILES string of the molecule is Cc1cc(=O)c(C(=O)NCC2(c3ccccc3)CCCC2)nn1-c1ccccc1. The van der Waals surface area contributed by atoms with Crippen molar-refractivity contribution in [2.75, 3.05) is 6.54 Å². The summed E-state index contributed by atoms with van der Waals surface area (Å²) < 4.78 is 1.64. The number of benzene rings is 2. The maximum atomic E-state index is 12.9. The smallest absolute Gasteiger partial charge is 0.275 e. The first kappa shape index (κ1) is 19.1. The van der Waals surface area contributed by atoms with Gasteiger partial charge in [0.2, 0.25) is 5.43 Å². The number of para-hydroxylation sites is 1. The zero-order chi connectivity index (χ0) is 20.3. The van der Waals surface area contributed by atoms with E-state index in [0.29, 0.717) is 12.2 Å². The van der Waals surface area contributed by atoms with E-state index in [0.717, 1.165) is 31.4 Å². The van der Waals surface area contributed by atoms with Crippen molar-refractivity contribution in [3.8, 4) is 5.69 Å². The summed E-state index contributed by atoms with van der Waals surface area (Å²) in [7, 11) is 0. The van der Waals surface area contributed by atoms with E-state index < -0.39 is 5.91 Å². The van der Waals surface area contributed by atoms with Gasteiger partial charge in [0.05, 0.1) is 5.69 Å². The lowest BCUT2D eigenvalue weighted by atomic mass is 9.79. The van der Waals surface area contributed by atoms with Crippen molar-refractivity contribution in [1.82, 2.24) is 15.1 Å². The van der Waals surface area contributed by atoms with E-state index in [1.807, 2.05) is 55.5 Å². The number of aromatic nitrogens is 2. The highest BCUT2D eigenvalue weighted by molar-refractivity contribution is 5.92. The Labute approximate surface area is 170 Å². The van der Waals surface area contributed by atoms with Gasteiger partial charge < -0.3 is 5.32 Å². The van der Waals surface area contributed by atoms with Gasteiger partial charge in [-0.05, 0) is 37.5 Å². The molecule has 148 valence electrons. The molecule has 1 aliphatic carbocycles. The molecule has 1 saturated carbocycles. The fourth-order valence-electron chi connectivity index (χ4n) is 4.28. The summed E-state index contributed by atoms with van der Waals surface area (Å²) in [5, 5.41) is 7.38. The van der Waals surface area contributed by atoms with Crippen LogP contribution in [0.15, 0.2) is 71.5 Å². The maximum absolute atomic E-state index is 12.9. The second-order valence-corrected chi connectivity index (χ2v) is 7.78. The van der Waals surface area contributed by atoms with Crippen LogP contribution in [0.5, 0.6) is 0 Å². The molecule has 3 aromatic rings. The zero-order valence-electron chi connectivity index (χ0n) is 16.6. The second-order valence-electron chi connectivity index (χ2n) is 7.78. The molecule has 5 heteroatoms.